The summed E-state index contributed by atoms with van der Waals surface area (Å²) in [6.45, 7) is 9.28. The van der Waals surface area contributed by atoms with Crippen molar-refractivity contribution in [2.45, 2.75) is 72.6 Å². The van der Waals surface area contributed by atoms with E-state index in [4.69, 9.17) is 0 Å². The molecule has 0 saturated carbocycles. The Kier molecular flexibility index (Phi) is 8.59. The second-order valence-electron chi connectivity index (χ2n) is 4.77. The first-order valence-electron chi connectivity index (χ1n) is 6.20. The molecule has 0 fully saturated rings. The van der Waals surface area contributed by atoms with Gasteiger partial charge in [-0.1, -0.05) is 72.6 Å². The minimum Gasteiger partial charge on any atom is -0.0654 e. The fourth-order valence-corrected chi connectivity index (χ4v) is 2.06. The summed E-state index contributed by atoms with van der Waals surface area (Å²) < 4.78 is 0. The summed E-state index contributed by atoms with van der Waals surface area (Å²) in [5.74, 6) is 1.91. The van der Waals surface area contributed by atoms with Crippen molar-refractivity contribution in [3.05, 3.63) is 0 Å². The molecule has 0 aromatic heterocycles. The third-order valence-electron chi connectivity index (χ3n) is 2.79. The quantitative estimate of drug-likeness (QED) is 0.496. The zero-order valence-electron chi connectivity index (χ0n) is 10.1. The van der Waals surface area contributed by atoms with Gasteiger partial charge in [0, 0.05) is 0 Å². The molecule has 0 amide bonds. The zero-order valence-corrected chi connectivity index (χ0v) is 10.1. The maximum atomic E-state index is 2.33. The fraction of sp³-hybridized carbons (Fsp3) is 1.00. The minimum atomic E-state index is 0.893. The van der Waals surface area contributed by atoms with Crippen molar-refractivity contribution in [1.82, 2.24) is 0 Å². The Morgan fingerprint density at radius 3 is 1.69 bits per heavy atom. The summed E-state index contributed by atoms with van der Waals surface area (Å²) in [5, 5.41) is 0. The lowest BCUT2D eigenvalue weighted by molar-refractivity contribution is 0.381. The van der Waals surface area contributed by atoms with Crippen molar-refractivity contribution in [3.8, 4) is 0 Å². The van der Waals surface area contributed by atoms with E-state index in [-0.39, 0.29) is 0 Å². The van der Waals surface area contributed by atoms with Crippen molar-refractivity contribution < 1.29 is 0 Å². The molecule has 0 heterocycles. The van der Waals surface area contributed by atoms with Crippen LogP contribution in [0, 0.1) is 11.8 Å². The Bertz CT molecular complexity index is 88.2. The van der Waals surface area contributed by atoms with E-state index in [9.17, 15) is 0 Å². The second-order valence-corrected chi connectivity index (χ2v) is 4.77. The van der Waals surface area contributed by atoms with E-state index in [0.717, 1.165) is 11.8 Å². The van der Waals surface area contributed by atoms with Crippen LogP contribution in [0.5, 0.6) is 0 Å². The Balaban J connectivity index is 3.44. The standard InChI is InChI=1S/C13H28/c1-5-8-13(9-6-2)11-7-10-12(3)4/h12-13H,5-11H2,1-4H3. The van der Waals surface area contributed by atoms with Crippen LogP contribution in [0.15, 0.2) is 0 Å². The third kappa shape index (κ3) is 8.33. The first-order chi connectivity index (χ1) is 6.20. The molecule has 0 atom stereocenters. The van der Waals surface area contributed by atoms with Crippen molar-refractivity contribution in [2.75, 3.05) is 0 Å². The molecule has 0 nitrogen and oxygen atoms in total. The lowest BCUT2D eigenvalue weighted by Crippen LogP contribution is -2.00. The van der Waals surface area contributed by atoms with Gasteiger partial charge in [0.1, 0.15) is 0 Å². The summed E-state index contributed by atoms with van der Waals surface area (Å²) in [5.41, 5.74) is 0. The van der Waals surface area contributed by atoms with Gasteiger partial charge in [0.25, 0.3) is 0 Å². The lowest BCUT2D eigenvalue weighted by Gasteiger charge is -2.15. The predicted octanol–water partition coefficient (Wildman–Crippen LogP) is 5.03. The molecule has 0 bridgehead atoms. The molecule has 0 rings (SSSR count). The maximum Gasteiger partial charge on any atom is -0.0414 e. The molecule has 0 unspecified atom stereocenters. The smallest absolute Gasteiger partial charge is 0.0414 e. The molecule has 0 aliphatic rings. The molecule has 0 aromatic carbocycles. The molecule has 0 aliphatic heterocycles. The van der Waals surface area contributed by atoms with Gasteiger partial charge in [0.2, 0.25) is 0 Å². The highest BCUT2D eigenvalue weighted by Gasteiger charge is 2.06. The van der Waals surface area contributed by atoms with E-state index in [2.05, 4.69) is 27.7 Å². The molecule has 0 spiro atoms. The van der Waals surface area contributed by atoms with Crippen LogP contribution in [-0.4, -0.2) is 0 Å². The van der Waals surface area contributed by atoms with Crippen molar-refractivity contribution in [2.24, 2.45) is 11.8 Å². The fourth-order valence-electron chi connectivity index (χ4n) is 2.06. The highest BCUT2D eigenvalue weighted by Crippen LogP contribution is 2.21. The van der Waals surface area contributed by atoms with Gasteiger partial charge >= 0.3 is 0 Å². The molecule has 0 N–H and O–H groups in total. The summed E-state index contributed by atoms with van der Waals surface area (Å²) in [4.78, 5) is 0. The normalized spacial score (nSPS) is 11.5. The number of rotatable bonds is 8. The van der Waals surface area contributed by atoms with Gasteiger partial charge in [-0.25, -0.2) is 0 Å². The lowest BCUT2D eigenvalue weighted by atomic mass is 9.91. The average molecular weight is 184 g/mol. The minimum absolute atomic E-state index is 0.893. The molecule has 0 aromatic rings. The highest BCUT2D eigenvalue weighted by molar-refractivity contribution is 4.59. The van der Waals surface area contributed by atoms with Crippen LogP contribution in [0.25, 0.3) is 0 Å². The van der Waals surface area contributed by atoms with Crippen molar-refractivity contribution in [3.63, 3.8) is 0 Å². The van der Waals surface area contributed by atoms with E-state index >= 15 is 0 Å². The largest absolute Gasteiger partial charge is 0.0654 e. The van der Waals surface area contributed by atoms with Crippen LogP contribution >= 0.6 is 0 Å². The van der Waals surface area contributed by atoms with Crippen LogP contribution in [-0.2, 0) is 0 Å². The first kappa shape index (κ1) is 13.0. The van der Waals surface area contributed by atoms with Crippen LogP contribution in [0.1, 0.15) is 72.6 Å². The van der Waals surface area contributed by atoms with Crippen LogP contribution in [0.3, 0.4) is 0 Å². The average Bonchev–Trinajstić information content (AvgIpc) is 2.04. The molecular formula is C13H28. The topological polar surface area (TPSA) is 0 Å². The first-order valence-corrected chi connectivity index (χ1v) is 6.20. The summed E-state index contributed by atoms with van der Waals surface area (Å²) in [6.07, 6.45) is 9.97. The van der Waals surface area contributed by atoms with Gasteiger partial charge in [-0.05, 0) is 11.8 Å². The molecule has 0 radical (unpaired) electrons. The molecule has 0 saturated heterocycles. The van der Waals surface area contributed by atoms with Crippen LogP contribution in [0.4, 0.5) is 0 Å². The van der Waals surface area contributed by atoms with E-state index < -0.39 is 0 Å². The Labute approximate surface area is 85.1 Å². The van der Waals surface area contributed by atoms with Gasteiger partial charge in [0.05, 0.1) is 0 Å². The Morgan fingerprint density at radius 2 is 1.31 bits per heavy atom. The van der Waals surface area contributed by atoms with Crippen molar-refractivity contribution >= 4 is 0 Å². The van der Waals surface area contributed by atoms with E-state index in [0.29, 0.717) is 0 Å². The van der Waals surface area contributed by atoms with Crippen molar-refractivity contribution in [1.29, 1.82) is 0 Å². The monoisotopic (exact) mass is 184 g/mol. The maximum absolute atomic E-state index is 2.33. The Morgan fingerprint density at radius 1 is 0.769 bits per heavy atom. The molecule has 13 heavy (non-hydrogen) atoms. The molecule has 80 valence electrons. The van der Waals surface area contributed by atoms with E-state index in [1.165, 1.54) is 44.9 Å². The Hall–Kier alpha value is 0. The highest BCUT2D eigenvalue weighted by atomic mass is 14.1. The van der Waals surface area contributed by atoms with Gasteiger partial charge < -0.3 is 0 Å². The van der Waals surface area contributed by atoms with Gasteiger partial charge in [-0.3, -0.25) is 0 Å². The van der Waals surface area contributed by atoms with Crippen LogP contribution < -0.4 is 0 Å². The van der Waals surface area contributed by atoms with Gasteiger partial charge in [-0.15, -0.1) is 0 Å². The molecule has 0 heteroatoms. The summed E-state index contributed by atoms with van der Waals surface area (Å²) in [6, 6.07) is 0. The van der Waals surface area contributed by atoms with E-state index in [1.54, 1.807) is 0 Å². The van der Waals surface area contributed by atoms with E-state index in [1.807, 2.05) is 0 Å². The SMILES string of the molecule is CCCC(CCC)CCCC(C)C. The molecular weight excluding hydrogens is 156 g/mol. The number of hydrogen-bond acceptors (Lipinski definition) is 0. The summed E-state index contributed by atoms with van der Waals surface area (Å²) >= 11 is 0. The number of hydrogen-bond donors (Lipinski definition) is 0. The summed E-state index contributed by atoms with van der Waals surface area (Å²) in [7, 11) is 0. The van der Waals surface area contributed by atoms with Gasteiger partial charge in [0.15, 0.2) is 0 Å². The zero-order chi connectivity index (χ0) is 10.1. The predicted molar refractivity (Wildman–Crippen MR) is 62.0 cm³/mol. The third-order valence-corrected chi connectivity index (χ3v) is 2.79. The molecule has 0 aliphatic carbocycles. The van der Waals surface area contributed by atoms with Crippen LogP contribution in [0.2, 0.25) is 0 Å². The van der Waals surface area contributed by atoms with Gasteiger partial charge in [-0.2, -0.15) is 0 Å². The second kappa shape index (κ2) is 8.59.